The number of carbonyl (C=O) groups is 1. The van der Waals surface area contributed by atoms with Crippen molar-refractivity contribution in [2.75, 3.05) is 18.5 Å². The minimum atomic E-state index is -0.567. The summed E-state index contributed by atoms with van der Waals surface area (Å²) in [6.07, 6.45) is 0.215. The third-order valence-electron chi connectivity index (χ3n) is 3.83. The number of fused-ring (bicyclic) bond motifs is 1. The van der Waals surface area contributed by atoms with Crippen molar-refractivity contribution in [2.45, 2.75) is 32.9 Å². The van der Waals surface area contributed by atoms with Gasteiger partial charge in [-0.1, -0.05) is 31.1 Å². The zero-order valence-corrected chi connectivity index (χ0v) is 14.2. The van der Waals surface area contributed by atoms with Crippen molar-refractivity contribution in [1.82, 2.24) is 15.5 Å². The lowest BCUT2D eigenvalue weighted by molar-refractivity contribution is -0.127. The molecule has 24 heavy (non-hydrogen) atoms. The molecule has 0 saturated heterocycles. The SMILES string of the molecule is CNC(=O)C1CN(Cc2nc(CC(C)C)no2)c2ccccc2O1. The molecule has 2 aromatic rings. The van der Waals surface area contributed by atoms with Gasteiger partial charge < -0.3 is 19.5 Å². The van der Waals surface area contributed by atoms with Crippen molar-refractivity contribution in [2.24, 2.45) is 5.92 Å². The van der Waals surface area contributed by atoms with Crippen molar-refractivity contribution in [1.29, 1.82) is 0 Å². The molecule has 1 unspecified atom stereocenters. The number of likely N-dealkylation sites (N-methyl/N-ethyl adjacent to an activating group) is 1. The van der Waals surface area contributed by atoms with E-state index in [1.54, 1.807) is 7.05 Å². The Kier molecular flexibility index (Phi) is 4.69. The minimum Gasteiger partial charge on any atom is -0.477 e. The van der Waals surface area contributed by atoms with Gasteiger partial charge in [-0.25, -0.2) is 0 Å². The number of nitrogens with one attached hydrogen (secondary N) is 1. The smallest absolute Gasteiger partial charge is 0.262 e. The Balaban J connectivity index is 1.80. The number of carbonyl (C=O) groups excluding carboxylic acids is 1. The van der Waals surface area contributed by atoms with Gasteiger partial charge in [-0.15, -0.1) is 0 Å². The van der Waals surface area contributed by atoms with Crippen LogP contribution in [0.15, 0.2) is 28.8 Å². The third-order valence-corrected chi connectivity index (χ3v) is 3.83. The summed E-state index contributed by atoms with van der Waals surface area (Å²) in [5.74, 6) is 2.25. The van der Waals surface area contributed by atoms with Crippen molar-refractivity contribution < 1.29 is 14.1 Å². The number of anilines is 1. The van der Waals surface area contributed by atoms with Gasteiger partial charge in [0.15, 0.2) is 11.9 Å². The standard InChI is InChI=1S/C17H22N4O3/c1-11(2)8-15-19-16(24-20-15)10-21-9-14(17(22)18-3)23-13-7-5-4-6-12(13)21/h4-7,11,14H,8-10H2,1-3H3,(H,18,22). The lowest BCUT2D eigenvalue weighted by atomic mass is 10.1. The van der Waals surface area contributed by atoms with Crippen LogP contribution in [0, 0.1) is 5.92 Å². The van der Waals surface area contributed by atoms with Crippen LogP contribution >= 0.6 is 0 Å². The number of hydrogen-bond acceptors (Lipinski definition) is 6. The molecular weight excluding hydrogens is 308 g/mol. The highest BCUT2D eigenvalue weighted by atomic mass is 16.5. The van der Waals surface area contributed by atoms with Gasteiger partial charge in [0.2, 0.25) is 5.89 Å². The summed E-state index contributed by atoms with van der Waals surface area (Å²) in [5, 5.41) is 6.66. The van der Waals surface area contributed by atoms with E-state index < -0.39 is 6.10 Å². The first kappa shape index (κ1) is 16.3. The molecule has 0 saturated carbocycles. The molecule has 1 amide bonds. The highest BCUT2D eigenvalue weighted by molar-refractivity contribution is 5.83. The first-order valence-corrected chi connectivity index (χ1v) is 8.10. The summed E-state index contributed by atoms with van der Waals surface area (Å²) in [7, 11) is 1.60. The molecule has 1 aliphatic heterocycles. The molecule has 2 heterocycles. The topological polar surface area (TPSA) is 80.5 Å². The van der Waals surface area contributed by atoms with E-state index in [1.807, 2.05) is 29.2 Å². The highest BCUT2D eigenvalue weighted by Crippen LogP contribution is 2.33. The van der Waals surface area contributed by atoms with Crippen LogP contribution in [0.3, 0.4) is 0 Å². The van der Waals surface area contributed by atoms with E-state index in [0.29, 0.717) is 36.5 Å². The van der Waals surface area contributed by atoms with Gasteiger partial charge >= 0.3 is 0 Å². The van der Waals surface area contributed by atoms with E-state index >= 15 is 0 Å². The average Bonchev–Trinajstić information content (AvgIpc) is 3.00. The lowest BCUT2D eigenvalue weighted by Crippen LogP contribution is -2.48. The normalized spacial score (nSPS) is 16.7. The van der Waals surface area contributed by atoms with Crippen LogP contribution in [0.2, 0.25) is 0 Å². The monoisotopic (exact) mass is 330 g/mol. The Hall–Kier alpha value is -2.57. The van der Waals surface area contributed by atoms with Gasteiger partial charge in [0.1, 0.15) is 5.75 Å². The van der Waals surface area contributed by atoms with E-state index in [0.717, 1.165) is 12.1 Å². The first-order chi connectivity index (χ1) is 11.6. The summed E-state index contributed by atoms with van der Waals surface area (Å²) in [5.41, 5.74) is 0.918. The van der Waals surface area contributed by atoms with Crippen LogP contribution < -0.4 is 15.0 Å². The van der Waals surface area contributed by atoms with E-state index in [-0.39, 0.29) is 5.91 Å². The van der Waals surface area contributed by atoms with Crippen LogP contribution in [0.4, 0.5) is 5.69 Å². The zero-order chi connectivity index (χ0) is 17.1. The van der Waals surface area contributed by atoms with Crippen LogP contribution in [0.5, 0.6) is 5.75 Å². The maximum atomic E-state index is 12.0. The zero-order valence-electron chi connectivity index (χ0n) is 14.2. The highest BCUT2D eigenvalue weighted by Gasteiger charge is 2.31. The summed E-state index contributed by atoms with van der Waals surface area (Å²) >= 11 is 0. The number of amides is 1. The molecule has 1 aliphatic rings. The first-order valence-electron chi connectivity index (χ1n) is 8.10. The van der Waals surface area contributed by atoms with Gasteiger partial charge in [-0.05, 0) is 18.1 Å². The largest absolute Gasteiger partial charge is 0.477 e. The second-order valence-corrected chi connectivity index (χ2v) is 6.27. The third kappa shape index (κ3) is 3.50. The molecule has 0 bridgehead atoms. The molecule has 0 aliphatic carbocycles. The minimum absolute atomic E-state index is 0.152. The van der Waals surface area contributed by atoms with Gasteiger partial charge in [0.05, 0.1) is 18.8 Å². The molecule has 7 nitrogen and oxygen atoms in total. The quantitative estimate of drug-likeness (QED) is 0.900. The molecule has 1 aromatic carbocycles. The number of ether oxygens (including phenoxy) is 1. The second-order valence-electron chi connectivity index (χ2n) is 6.27. The van der Waals surface area contributed by atoms with E-state index in [1.165, 1.54) is 0 Å². The Morgan fingerprint density at radius 3 is 2.96 bits per heavy atom. The number of benzene rings is 1. The molecular formula is C17H22N4O3. The van der Waals surface area contributed by atoms with Gasteiger partial charge in [0.25, 0.3) is 5.91 Å². The van der Waals surface area contributed by atoms with Crippen molar-refractivity contribution in [3.05, 3.63) is 36.0 Å². The summed E-state index contributed by atoms with van der Waals surface area (Å²) in [4.78, 5) is 18.5. The fourth-order valence-electron chi connectivity index (χ4n) is 2.72. The van der Waals surface area contributed by atoms with Gasteiger partial charge in [0, 0.05) is 13.5 Å². The number of rotatable bonds is 5. The van der Waals surface area contributed by atoms with Gasteiger partial charge in [-0.3, -0.25) is 4.79 Å². The fraction of sp³-hybridized carbons (Fsp3) is 0.471. The summed E-state index contributed by atoms with van der Waals surface area (Å²) < 4.78 is 11.2. The van der Waals surface area contributed by atoms with Crippen molar-refractivity contribution >= 4 is 11.6 Å². The van der Waals surface area contributed by atoms with E-state index in [9.17, 15) is 4.79 Å². The van der Waals surface area contributed by atoms with Crippen LogP contribution in [0.1, 0.15) is 25.6 Å². The summed E-state index contributed by atoms with van der Waals surface area (Å²) in [6, 6.07) is 7.64. The molecule has 0 radical (unpaired) electrons. The predicted octanol–water partition coefficient (Wildman–Crippen LogP) is 1.78. The molecule has 1 aromatic heterocycles. The second kappa shape index (κ2) is 6.90. The number of aromatic nitrogens is 2. The van der Waals surface area contributed by atoms with Crippen LogP contribution in [-0.4, -0.2) is 35.7 Å². The number of nitrogens with zero attached hydrogens (tertiary/aromatic N) is 3. The average molecular weight is 330 g/mol. The lowest BCUT2D eigenvalue weighted by Gasteiger charge is -2.34. The maximum Gasteiger partial charge on any atom is 0.262 e. The number of hydrogen-bond donors (Lipinski definition) is 1. The van der Waals surface area contributed by atoms with Crippen LogP contribution in [-0.2, 0) is 17.8 Å². The molecule has 1 atom stereocenters. The molecule has 7 heteroatoms. The van der Waals surface area contributed by atoms with Crippen LogP contribution in [0.25, 0.3) is 0 Å². The van der Waals surface area contributed by atoms with Crippen molar-refractivity contribution in [3.63, 3.8) is 0 Å². The Labute approximate surface area is 141 Å². The Morgan fingerprint density at radius 1 is 1.42 bits per heavy atom. The predicted molar refractivity (Wildman–Crippen MR) is 88.8 cm³/mol. The van der Waals surface area contributed by atoms with Gasteiger partial charge in [-0.2, -0.15) is 4.98 Å². The molecule has 0 fully saturated rings. The molecule has 3 rings (SSSR count). The Morgan fingerprint density at radius 2 is 2.21 bits per heavy atom. The summed E-state index contributed by atoms with van der Waals surface area (Å²) in [6.45, 7) is 5.10. The van der Waals surface area contributed by atoms with E-state index in [2.05, 4.69) is 29.3 Å². The van der Waals surface area contributed by atoms with Crippen molar-refractivity contribution in [3.8, 4) is 5.75 Å². The number of para-hydroxylation sites is 2. The fourth-order valence-corrected chi connectivity index (χ4v) is 2.72. The Bertz CT molecular complexity index is 713. The molecule has 0 spiro atoms. The molecule has 128 valence electrons. The van der Waals surface area contributed by atoms with E-state index in [4.69, 9.17) is 9.26 Å². The molecule has 1 N–H and O–H groups in total. The maximum absolute atomic E-state index is 12.0.